The second-order valence-electron chi connectivity index (χ2n) is 3.61. The van der Waals surface area contributed by atoms with Crippen molar-refractivity contribution in [3.05, 3.63) is 29.8 Å². The van der Waals surface area contributed by atoms with Gasteiger partial charge in [0.05, 0.1) is 18.8 Å². The van der Waals surface area contributed by atoms with Gasteiger partial charge in [-0.2, -0.15) is 0 Å². The van der Waals surface area contributed by atoms with E-state index in [1.807, 2.05) is 31.2 Å². The van der Waals surface area contributed by atoms with Crippen molar-refractivity contribution < 1.29 is 15.3 Å². The zero-order chi connectivity index (χ0) is 12.0. The van der Waals surface area contributed by atoms with Crippen LogP contribution in [0.2, 0.25) is 0 Å². The lowest BCUT2D eigenvalue weighted by Crippen LogP contribution is -2.14. The van der Waals surface area contributed by atoms with Crippen LogP contribution in [0.4, 0.5) is 0 Å². The summed E-state index contributed by atoms with van der Waals surface area (Å²) in [4.78, 5) is 0.962. The maximum Gasteiger partial charge on any atom is 0.0864 e. The third kappa shape index (κ3) is 3.79. The van der Waals surface area contributed by atoms with E-state index >= 15 is 0 Å². The highest BCUT2D eigenvalue weighted by Crippen LogP contribution is 2.29. The number of benzene rings is 1. The van der Waals surface area contributed by atoms with Gasteiger partial charge in [0, 0.05) is 10.6 Å². The van der Waals surface area contributed by atoms with Gasteiger partial charge in [-0.05, 0) is 18.1 Å². The molecule has 0 heterocycles. The van der Waals surface area contributed by atoms with E-state index in [2.05, 4.69) is 0 Å². The average molecular weight is 242 g/mol. The minimum Gasteiger partial charge on any atom is -0.394 e. The summed E-state index contributed by atoms with van der Waals surface area (Å²) in [5.74, 6) is 0.434. The van der Waals surface area contributed by atoms with Gasteiger partial charge in [-0.3, -0.25) is 0 Å². The number of rotatable bonds is 6. The van der Waals surface area contributed by atoms with E-state index in [1.165, 1.54) is 11.8 Å². The number of aliphatic hydroxyl groups is 3. The molecule has 0 radical (unpaired) electrons. The molecule has 1 rings (SSSR count). The molecule has 3 N–H and O–H groups in total. The standard InChI is InChI=1S/C12H18O3S/c1-2-11(15)10-5-3-4-6-12(10)16-8-9(14)7-13/h3-6,9,11,13-15H,2,7-8H2,1H3/t9?,11-/m0/s1. The van der Waals surface area contributed by atoms with Crippen LogP contribution in [-0.2, 0) is 0 Å². The minimum absolute atomic E-state index is 0.231. The van der Waals surface area contributed by atoms with Gasteiger partial charge in [-0.15, -0.1) is 11.8 Å². The average Bonchev–Trinajstić information content (AvgIpc) is 2.35. The van der Waals surface area contributed by atoms with E-state index in [9.17, 15) is 10.2 Å². The first-order chi connectivity index (χ1) is 7.69. The predicted octanol–water partition coefficient (Wildman–Crippen LogP) is 1.58. The second kappa shape index (κ2) is 6.91. The van der Waals surface area contributed by atoms with E-state index in [1.54, 1.807) is 0 Å². The van der Waals surface area contributed by atoms with Crippen molar-refractivity contribution >= 4 is 11.8 Å². The fourth-order valence-corrected chi connectivity index (χ4v) is 2.37. The van der Waals surface area contributed by atoms with Crippen molar-refractivity contribution in [2.24, 2.45) is 0 Å². The first-order valence-corrected chi connectivity index (χ1v) is 6.36. The van der Waals surface area contributed by atoms with Crippen molar-refractivity contribution in [3.63, 3.8) is 0 Å². The molecule has 16 heavy (non-hydrogen) atoms. The highest BCUT2D eigenvalue weighted by Gasteiger charge is 2.11. The van der Waals surface area contributed by atoms with Crippen molar-refractivity contribution in [2.75, 3.05) is 12.4 Å². The molecule has 0 aliphatic carbocycles. The van der Waals surface area contributed by atoms with Gasteiger partial charge in [-0.1, -0.05) is 25.1 Å². The maximum atomic E-state index is 9.81. The molecule has 0 saturated heterocycles. The SMILES string of the molecule is CC[C@H](O)c1ccccc1SCC(O)CO. The van der Waals surface area contributed by atoms with Crippen LogP contribution in [-0.4, -0.2) is 33.8 Å². The monoisotopic (exact) mass is 242 g/mol. The van der Waals surface area contributed by atoms with Crippen molar-refractivity contribution in [2.45, 2.75) is 30.4 Å². The molecule has 0 fully saturated rings. The van der Waals surface area contributed by atoms with Crippen LogP contribution in [0.1, 0.15) is 25.0 Å². The minimum atomic E-state index is -0.711. The molecule has 0 bridgehead atoms. The van der Waals surface area contributed by atoms with E-state index in [0.29, 0.717) is 12.2 Å². The van der Waals surface area contributed by atoms with Gasteiger partial charge in [0.1, 0.15) is 0 Å². The third-order valence-electron chi connectivity index (χ3n) is 2.31. The lowest BCUT2D eigenvalue weighted by atomic mass is 10.1. The molecule has 1 aromatic rings. The van der Waals surface area contributed by atoms with Crippen LogP contribution in [0.3, 0.4) is 0 Å². The van der Waals surface area contributed by atoms with Gasteiger partial charge >= 0.3 is 0 Å². The molecule has 0 saturated carbocycles. The Kier molecular flexibility index (Phi) is 5.84. The molecule has 1 aromatic carbocycles. The summed E-state index contributed by atoms with van der Waals surface area (Å²) < 4.78 is 0. The van der Waals surface area contributed by atoms with Gasteiger partial charge < -0.3 is 15.3 Å². The molecular formula is C12H18O3S. The van der Waals surface area contributed by atoms with E-state index < -0.39 is 12.2 Å². The van der Waals surface area contributed by atoms with Crippen LogP contribution >= 0.6 is 11.8 Å². The van der Waals surface area contributed by atoms with Gasteiger partial charge in [0.15, 0.2) is 0 Å². The third-order valence-corrected chi connectivity index (χ3v) is 3.54. The van der Waals surface area contributed by atoms with Crippen molar-refractivity contribution in [1.29, 1.82) is 0 Å². The Morgan fingerprint density at radius 3 is 2.56 bits per heavy atom. The van der Waals surface area contributed by atoms with Gasteiger partial charge in [-0.25, -0.2) is 0 Å². The van der Waals surface area contributed by atoms with Crippen LogP contribution < -0.4 is 0 Å². The molecule has 0 aromatic heterocycles. The van der Waals surface area contributed by atoms with Crippen LogP contribution in [0, 0.1) is 0 Å². The molecule has 0 aliphatic rings. The largest absolute Gasteiger partial charge is 0.394 e. The molecule has 1 unspecified atom stereocenters. The highest BCUT2D eigenvalue weighted by atomic mass is 32.2. The van der Waals surface area contributed by atoms with Crippen molar-refractivity contribution in [1.82, 2.24) is 0 Å². The Labute approximate surface area is 100 Å². The lowest BCUT2D eigenvalue weighted by molar-refractivity contribution is 0.113. The number of aliphatic hydroxyl groups excluding tert-OH is 3. The second-order valence-corrected chi connectivity index (χ2v) is 4.67. The van der Waals surface area contributed by atoms with Gasteiger partial charge in [0.25, 0.3) is 0 Å². The molecular weight excluding hydrogens is 224 g/mol. The highest BCUT2D eigenvalue weighted by molar-refractivity contribution is 7.99. The molecule has 3 nitrogen and oxygen atoms in total. The molecule has 4 heteroatoms. The number of thioether (sulfide) groups is 1. The zero-order valence-electron chi connectivity index (χ0n) is 9.34. The Morgan fingerprint density at radius 2 is 1.94 bits per heavy atom. The van der Waals surface area contributed by atoms with E-state index in [-0.39, 0.29) is 6.61 Å². The quantitative estimate of drug-likeness (QED) is 0.663. The molecule has 90 valence electrons. The Bertz CT molecular complexity index is 317. The first kappa shape index (κ1) is 13.5. The Morgan fingerprint density at radius 1 is 1.25 bits per heavy atom. The summed E-state index contributed by atoms with van der Waals surface area (Å²) >= 11 is 1.45. The fraction of sp³-hybridized carbons (Fsp3) is 0.500. The molecule has 0 amide bonds. The summed E-state index contributed by atoms with van der Waals surface area (Å²) in [6, 6.07) is 7.60. The Hall–Kier alpha value is -0.550. The molecule has 0 spiro atoms. The lowest BCUT2D eigenvalue weighted by Gasteiger charge is -2.14. The zero-order valence-corrected chi connectivity index (χ0v) is 10.2. The fourth-order valence-electron chi connectivity index (χ4n) is 1.35. The van der Waals surface area contributed by atoms with E-state index in [4.69, 9.17) is 5.11 Å². The smallest absolute Gasteiger partial charge is 0.0864 e. The summed E-state index contributed by atoms with van der Waals surface area (Å²) in [6.07, 6.45) is -0.507. The van der Waals surface area contributed by atoms with Gasteiger partial charge in [0.2, 0.25) is 0 Å². The topological polar surface area (TPSA) is 60.7 Å². The summed E-state index contributed by atoms with van der Waals surface area (Å²) in [5.41, 5.74) is 0.889. The van der Waals surface area contributed by atoms with Crippen LogP contribution in [0.15, 0.2) is 29.2 Å². The number of hydrogen-bond acceptors (Lipinski definition) is 4. The maximum absolute atomic E-state index is 9.81. The normalized spacial score (nSPS) is 14.8. The summed E-state index contributed by atoms with van der Waals surface area (Å²) in [6.45, 7) is 1.69. The van der Waals surface area contributed by atoms with Crippen LogP contribution in [0.25, 0.3) is 0 Å². The predicted molar refractivity (Wildman–Crippen MR) is 65.5 cm³/mol. The van der Waals surface area contributed by atoms with E-state index in [0.717, 1.165) is 10.5 Å². The Balaban J connectivity index is 2.71. The summed E-state index contributed by atoms with van der Waals surface area (Å²) in [7, 11) is 0. The first-order valence-electron chi connectivity index (χ1n) is 5.37. The van der Waals surface area contributed by atoms with Crippen LogP contribution in [0.5, 0.6) is 0 Å². The number of hydrogen-bond donors (Lipinski definition) is 3. The van der Waals surface area contributed by atoms with Crippen molar-refractivity contribution in [3.8, 4) is 0 Å². The molecule has 0 aliphatic heterocycles. The summed E-state index contributed by atoms with van der Waals surface area (Å²) in [5, 5.41) is 27.8. The molecule has 2 atom stereocenters.